The minimum absolute atomic E-state index is 1.15. The fourth-order valence-corrected chi connectivity index (χ4v) is 1.71. The van der Waals surface area contributed by atoms with Gasteiger partial charge in [-0.1, -0.05) is 17.7 Å². The summed E-state index contributed by atoms with van der Waals surface area (Å²) in [6.07, 6.45) is 0. The molecule has 2 heteroatoms. The maximum Gasteiger partial charge on any atom is 0.0262 e. The van der Waals surface area contributed by atoms with Gasteiger partial charge in [-0.2, -0.15) is 0 Å². The summed E-state index contributed by atoms with van der Waals surface area (Å²) in [5, 5.41) is 0. The molecule has 0 spiro atoms. The molecule has 0 N–H and O–H groups in total. The second-order valence-electron chi connectivity index (χ2n) is 2.35. The Morgan fingerprint density at radius 3 is 2.50 bits per heavy atom. The smallest absolute Gasteiger partial charge is 0.0262 e. The molecule has 1 aromatic rings. The fourth-order valence-electron chi connectivity index (χ4n) is 0.886. The molecule has 0 nitrogen and oxygen atoms in total. The molecule has 54 valence electrons. The molecule has 0 atom stereocenters. The number of hydrogen-bond donors (Lipinski definition) is 0. The predicted octanol–water partition coefficient (Wildman–Crippen LogP) is 3.55. The Labute approximate surface area is 70.1 Å². The normalized spacial score (nSPS) is 9.90. The van der Waals surface area contributed by atoms with Gasteiger partial charge in [-0.25, -0.2) is 0 Å². The number of aryl methyl sites for hydroxylation is 2. The highest BCUT2D eigenvalue weighted by molar-refractivity contribution is 8.21. The van der Waals surface area contributed by atoms with E-state index in [0.717, 1.165) is 4.90 Å². The van der Waals surface area contributed by atoms with E-state index in [9.17, 15) is 0 Å². The van der Waals surface area contributed by atoms with Crippen LogP contribution in [0.5, 0.6) is 0 Å². The number of rotatable bonds is 1. The van der Waals surface area contributed by atoms with Crippen LogP contribution in [0.15, 0.2) is 23.1 Å². The molecule has 0 aliphatic heterocycles. The van der Waals surface area contributed by atoms with Gasteiger partial charge >= 0.3 is 0 Å². The van der Waals surface area contributed by atoms with Crippen LogP contribution in [-0.4, -0.2) is 0 Å². The molecule has 0 saturated carbocycles. The topological polar surface area (TPSA) is 0 Å². The van der Waals surface area contributed by atoms with E-state index in [2.05, 4.69) is 26.0 Å². The third kappa shape index (κ3) is 1.68. The predicted molar refractivity (Wildman–Crippen MR) is 47.6 cm³/mol. The zero-order valence-corrected chi connectivity index (χ0v) is 7.59. The van der Waals surface area contributed by atoms with E-state index in [0.29, 0.717) is 0 Å². The van der Waals surface area contributed by atoms with Crippen LogP contribution in [0.25, 0.3) is 0 Å². The summed E-state index contributed by atoms with van der Waals surface area (Å²) in [5.74, 6) is 0. The third-order valence-electron chi connectivity index (χ3n) is 1.41. The van der Waals surface area contributed by atoms with E-state index in [4.69, 9.17) is 10.7 Å². The summed E-state index contributed by atoms with van der Waals surface area (Å²) in [6.45, 7) is 4.15. The number of benzene rings is 1. The highest BCUT2D eigenvalue weighted by atomic mass is 35.7. The van der Waals surface area contributed by atoms with Crippen LogP contribution in [0.3, 0.4) is 0 Å². The second kappa shape index (κ2) is 3.31. The standard InChI is InChI=1S/C8H9ClS/c1-6-3-4-8(10-9)7(2)5-6/h3-5H,1-2H3. The minimum Gasteiger partial charge on any atom is -0.0582 e. The van der Waals surface area contributed by atoms with Gasteiger partial charge in [0.1, 0.15) is 0 Å². The van der Waals surface area contributed by atoms with E-state index in [1.165, 1.54) is 22.1 Å². The molecular formula is C8H9ClS. The molecule has 0 fully saturated rings. The maximum absolute atomic E-state index is 5.60. The first kappa shape index (κ1) is 7.96. The summed E-state index contributed by atoms with van der Waals surface area (Å²) >= 11 is 0. The summed E-state index contributed by atoms with van der Waals surface area (Å²) in [5.41, 5.74) is 2.53. The second-order valence-corrected chi connectivity index (χ2v) is 3.40. The van der Waals surface area contributed by atoms with E-state index in [1.807, 2.05) is 6.07 Å². The molecule has 0 unspecified atom stereocenters. The van der Waals surface area contributed by atoms with Gasteiger partial charge in [0.25, 0.3) is 0 Å². The molecule has 1 rings (SSSR count). The van der Waals surface area contributed by atoms with Crippen LogP contribution in [0.4, 0.5) is 0 Å². The van der Waals surface area contributed by atoms with Crippen molar-refractivity contribution in [3.05, 3.63) is 29.3 Å². The van der Waals surface area contributed by atoms with Crippen LogP contribution < -0.4 is 0 Å². The molecule has 0 aliphatic carbocycles. The van der Waals surface area contributed by atoms with E-state index < -0.39 is 0 Å². The fraction of sp³-hybridized carbons (Fsp3) is 0.250. The minimum atomic E-state index is 1.15. The molecule has 10 heavy (non-hydrogen) atoms. The quantitative estimate of drug-likeness (QED) is 0.625. The molecule has 0 bridgehead atoms. The first-order valence-electron chi connectivity index (χ1n) is 3.10. The largest absolute Gasteiger partial charge is 0.0582 e. The average Bonchev–Trinajstić information content (AvgIpc) is 1.88. The molecule has 0 radical (unpaired) electrons. The number of halogens is 1. The lowest BCUT2D eigenvalue weighted by atomic mass is 10.2. The van der Waals surface area contributed by atoms with Crippen LogP contribution in [-0.2, 0) is 0 Å². The summed E-state index contributed by atoms with van der Waals surface area (Å²) in [7, 11) is 6.88. The van der Waals surface area contributed by atoms with E-state index in [-0.39, 0.29) is 0 Å². The van der Waals surface area contributed by atoms with Crippen molar-refractivity contribution in [2.75, 3.05) is 0 Å². The summed E-state index contributed by atoms with van der Waals surface area (Å²) < 4.78 is 0. The van der Waals surface area contributed by atoms with Gasteiger partial charge < -0.3 is 0 Å². The van der Waals surface area contributed by atoms with Crippen molar-refractivity contribution in [3.63, 3.8) is 0 Å². The van der Waals surface area contributed by atoms with E-state index in [1.54, 1.807) is 0 Å². The van der Waals surface area contributed by atoms with E-state index >= 15 is 0 Å². The Balaban J connectivity index is 3.07. The molecule has 0 aromatic heterocycles. The van der Waals surface area contributed by atoms with Crippen LogP contribution >= 0.6 is 21.7 Å². The van der Waals surface area contributed by atoms with Gasteiger partial charge in [-0.3, -0.25) is 0 Å². The Kier molecular flexibility index (Phi) is 2.64. The van der Waals surface area contributed by atoms with Gasteiger partial charge in [0, 0.05) is 4.90 Å². The van der Waals surface area contributed by atoms with Gasteiger partial charge in [0.2, 0.25) is 0 Å². The zero-order chi connectivity index (χ0) is 7.56. The summed E-state index contributed by atoms with van der Waals surface area (Å²) in [4.78, 5) is 1.15. The van der Waals surface area contributed by atoms with Crippen molar-refractivity contribution >= 4 is 21.7 Å². The molecule has 0 amide bonds. The third-order valence-corrected chi connectivity index (χ3v) is 2.54. The van der Waals surface area contributed by atoms with Crippen molar-refractivity contribution in [3.8, 4) is 0 Å². The highest BCUT2D eigenvalue weighted by Gasteiger charge is 1.95. The van der Waals surface area contributed by atoms with Crippen molar-refractivity contribution in [2.45, 2.75) is 18.7 Å². The van der Waals surface area contributed by atoms with Crippen LogP contribution in [0.1, 0.15) is 11.1 Å². The summed E-state index contributed by atoms with van der Waals surface area (Å²) in [6, 6.07) is 6.24. The SMILES string of the molecule is Cc1ccc(SCl)c(C)c1. The Bertz CT molecular complexity index is 233. The van der Waals surface area contributed by atoms with Crippen LogP contribution in [0, 0.1) is 13.8 Å². The van der Waals surface area contributed by atoms with Crippen molar-refractivity contribution in [2.24, 2.45) is 0 Å². The molecule has 0 heterocycles. The first-order valence-corrected chi connectivity index (χ1v) is 4.74. The van der Waals surface area contributed by atoms with Crippen molar-refractivity contribution in [1.82, 2.24) is 0 Å². The lowest BCUT2D eigenvalue weighted by molar-refractivity contribution is 1.27. The van der Waals surface area contributed by atoms with Crippen LogP contribution in [0.2, 0.25) is 0 Å². The van der Waals surface area contributed by atoms with Crippen molar-refractivity contribution in [1.29, 1.82) is 0 Å². The number of hydrogen-bond acceptors (Lipinski definition) is 1. The van der Waals surface area contributed by atoms with Gasteiger partial charge in [0.05, 0.1) is 0 Å². The molecule has 1 aromatic carbocycles. The lowest BCUT2D eigenvalue weighted by Crippen LogP contribution is -1.78. The van der Waals surface area contributed by atoms with Crippen molar-refractivity contribution < 1.29 is 0 Å². The van der Waals surface area contributed by atoms with Gasteiger partial charge in [-0.15, -0.1) is 0 Å². The van der Waals surface area contributed by atoms with Gasteiger partial charge in [0.15, 0.2) is 0 Å². The Hall–Kier alpha value is -0.140. The molecule has 0 aliphatic rings. The maximum atomic E-state index is 5.60. The lowest BCUT2D eigenvalue weighted by Gasteiger charge is -2.00. The molecular weight excluding hydrogens is 164 g/mol. The molecule has 0 saturated heterocycles. The van der Waals surface area contributed by atoms with Gasteiger partial charge in [-0.05, 0) is 47.1 Å². The Morgan fingerprint density at radius 1 is 1.30 bits per heavy atom. The first-order chi connectivity index (χ1) is 4.74. The average molecular weight is 173 g/mol. The monoisotopic (exact) mass is 172 g/mol. The zero-order valence-electron chi connectivity index (χ0n) is 6.02. The Morgan fingerprint density at radius 2 is 2.00 bits per heavy atom. The highest BCUT2D eigenvalue weighted by Crippen LogP contribution is 2.25.